The third-order valence-corrected chi connectivity index (χ3v) is 2.32. The Bertz CT molecular complexity index is 294. The van der Waals surface area contributed by atoms with Crippen LogP contribution in [-0.2, 0) is 19.1 Å². The summed E-state index contributed by atoms with van der Waals surface area (Å²) in [6.07, 6.45) is 0.735. The minimum absolute atomic E-state index is 0.0700. The zero-order valence-electron chi connectivity index (χ0n) is 12.6. The molecule has 1 atom stereocenters. The number of hydrogen-bond donors (Lipinski definition) is 0. The van der Waals surface area contributed by atoms with E-state index in [9.17, 15) is 9.59 Å². The van der Waals surface area contributed by atoms with Crippen molar-refractivity contribution < 1.29 is 19.1 Å². The molecule has 0 unspecified atom stereocenters. The first-order valence-corrected chi connectivity index (χ1v) is 6.27. The van der Waals surface area contributed by atoms with Gasteiger partial charge in [-0.15, -0.1) is 0 Å². The second kappa shape index (κ2) is 6.21. The van der Waals surface area contributed by atoms with Gasteiger partial charge in [0.15, 0.2) is 0 Å². The van der Waals surface area contributed by atoms with Gasteiger partial charge in [0.2, 0.25) is 6.79 Å². The summed E-state index contributed by atoms with van der Waals surface area (Å²) in [6.45, 7) is 13.0. The highest BCUT2D eigenvalue weighted by atomic mass is 16.7. The van der Waals surface area contributed by atoms with Crippen molar-refractivity contribution in [1.29, 1.82) is 0 Å². The van der Waals surface area contributed by atoms with E-state index in [-0.39, 0.29) is 30.1 Å². The molecule has 0 rings (SSSR count). The van der Waals surface area contributed by atoms with Crippen LogP contribution in [0.25, 0.3) is 0 Å². The average molecular weight is 258 g/mol. The number of rotatable bonds is 4. The highest BCUT2D eigenvalue weighted by Crippen LogP contribution is 2.24. The highest BCUT2D eigenvalue weighted by molar-refractivity contribution is 5.75. The summed E-state index contributed by atoms with van der Waals surface area (Å²) >= 11 is 0. The second-order valence-corrected chi connectivity index (χ2v) is 6.93. The van der Waals surface area contributed by atoms with Crippen LogP contribution in [0.3, 0.4) is 0 Å². The minimum Gasteiger partial charge on any atom is -0.428 e. The fourth-order valence-electron chi connectivity index (χ4n) is 1.50. The molecule has 0 saturated heterocycles. The Hall–Kier alpha value is -1.06. The quantitative estimate of drug-likeness (QED) is 0.574. The first-order valence-electron chi connectivity index (χ1n) is 6.27. The fraction of sp³-hybridized carbons (Fsp3) is 0.857. The lowest BCUT2D eigenvalue weighted by Crippen LogP contribution is -2.26. The molecular formula is C14H26O4. The third kappa shape index (κ3) is 7.30. The topological polar surface area (TPSA) is 52.6 Å². The molecule has 18 heavy (non-hydrogen) atoms. The molecule has 0 aliphatic rings. The summed E-state index contributed by atoms with van der Waals surface area (Å²) in [7, 11) is 0. The van der Waals surface area contributed by atoms with E-state index >= 15 is 0 Å². The van der Waals surface area contributed by atoms with E-state index in [2.05, 4.69) is 20.8 Å². The van der Waals surface area contributed by atoms with Crippen molar-refractivity contribution in [3.8, 4) is 0 Å². The van der Waals surface area contributed by atoms with Crippen molar-refractivity contribution >= 4 is 11.9 Å². The maximum atomic E-state index is 11.6. The molecule has 0 aromatic heterocycles. The maximum absolute atomic E-state index is 11.6. The molecule has 0 aromatic rings. The Morgan fingerprint density at radius 1 is 1.00 bits per heavy atom. The molecule has 0 N–H and O–H groups in total. The Morgan fingerprint density at radius 2 is 1.50 bits per heavy atom. The van der Waals surface area contributed by atoms with Gasteiger partial charge in [-0.3, -0.25) is 9.59 Å². The number of ether oxygens (including phenoxy) is 2. The van der Waals surface area contributed by atoms with Crippen LogP contribution in [0.4, 0.5) is 0 Å². The molecule has 0 fully saturated rings. The Kier molecular flexibility index (Phi) is 5.84. The zero-order valence-corrected chi connectivity index (χ0v) is 12.6. The van der Waals surface area contributed by atoms with Gasteiger partial charge in [-0.1, -0.05) is 27.7 Å². The van der Waals surface area contributed by atoms with Gasteiger partial charge in [0, 0.05) is 0 Å². The molecular weight excluding hydrogens is 232 g/mol. The number of carbonyl (C=O) groups excluding carboxylic acids is 2. The zero-order chi connectivity index (χ0) is 14.6. The number of esters is 2. The SMILES string of the molecule is C[C@H](CC(C)(C)C)C(=O)OCOC(=O)C(C)(C)C. The van der Waals surface area contributed by atoms with Gasteiger partial charge in [-0.25, -0.2) is 0 Å². The number of carbonyl (C=O) groups is 2. The van der Waals surface area contributed by atoms with Gasteiger partial charge < -0.3 is 9.47 Å². The molecule has 4 nitrogen and oxygen atoms in total. The standard InChI is InChI=1S/C14H26O4/c1-10(8-13(2,3)4)11(15)17-9-18-12(16)14(5,6)7/h10H,8-9H2,1-7H3/t10-/m1/s1. The van der Waals surface area contributed by atoms with Gasteiger partial charge in [-0.2, -0.15) is 0 Å². The lowest BCUT2D eigenvalue weighted by molar-refractivity contribution is -0.175. The van der Waals surface area contributed by atoms with E-state index in [1.54, 1.807) is 20.8 Å². The van der Waals surface area contributed by atoms with Crippen molar-refractivity contribution in [2.45, 2.75) is 54.9 Å². The Labute approximate surface area is 110 Å². The van der Waals surface area contributed by atoms with Gasteiger partial charge in [-0.05, 0) is 32.6 Å². The lowest BCUT2D eigenvalue weighted by Gasteiger charge is -2.22. The normalized spacial score (nSPS) is 13.9. The van der Waals surface area contributed by atoms with Gasteiger partial charge >= 0.3 is 11.9 Å². The first-order chi connectivity index (χ1) is 7.93. The van der Waals surface area contributed by atoms with Crippen LogP contribution in [0.2, 0.25) is 0 Å². The van der Waals surface area contributed by atoms with E-state index in [4.69, 9.17) is 9.47 Å². The summed E-state index contributed by atoms with van der Waals surface area (Å²) in [6, 6.07) is 0. The van der Waals surface area contributed by atoms with Crippen LogP contribution < -0.4 is 0 Å². The monoisotopic (exact) mass is 258 g/mol. The molecule has 0 bridgehead atoms. The van der Waals surface area contributed by atoms with Crippen LogP contribution in [0.5, 0.6) is 0 Å². The van der Waals surface area contributed by atoms with Gasteiger partial charge in [0.25, 0.3) is 0 Å². The molecule has 0 saturated carbocycles. The van der Waals surface area contributed by atoms with E-state index in [1.807, 2.05) is 6.92 Å². The predicted molar refractivity (Wildman–Crippen MR) is 69.7 cm³/mol. The first kappa shape index (κ1) is 16.9. The van der Waals surface area contributed by atoms with Crippen molar-refractivity contribution in [2.75, 3.05) is 6.79 Å². The molecule has 4 heteroatoms. The van der Waals surface area contributed by atoms with Crippen molar-refractivity contribution in [1.82, 2.24) is 0 Å². The third-order valence-electron chi connectivity index (χ3n) is 2.32. The van der Waals surface area contributed by atoms with Crippen LogP contribution >= 0.6 is 0 Å². The van der Waals surface area contributed by atoms with Crippen molar-refractivity contribution in [3.63, 3.8) is 0 Å². The summed E-state index contributed by atoms with van der Waals surface area (Å²) in [5.74, 6) is -0.899. The van der Waals surface area contributed by atoms with Crippen LogP contribution in [0.1, 0.15) is 54.9 Å². The molecule has 0 heterocycles. The van der Waals surface area contributed by atoms with Crippen LogP contribution in [0.15, 0.2) is 0 Å². The molecule has 0 radical (unpaired) electrons. The van der Waals surface area contributed by atoms with Gasteiger partial charge in [0.1, 0.15) is 0 Å². The van der Waals surface area contributed by atoms with Crippen molar-refractivity contribution in [3.05, 3.63) is 0 Å². The highest BCUT2D eigenvalue weighted by Gasteiger charge is 2.25. The van der Waals surface area contributed by atoms with Crippen LogP contribution in [0, 0.1) is 16.7 Å². The summed E-state index contributed by atoms with van der Waals surface area (Å²) in [4.78, 5) is 23.1. The smallest absolute Gasteiger partial charge is 0.314 e. The largest absolute Gasteiger partial charge is 0.428 e. The fourth-order valence-corrected chi connectivity index (χ4v) is 1.50. The van der Waals surface area contributed by atoms with E-state index in [1.165, 1.54) is 0 Å². The predicted octanol–water partition coefficient (Wildman–Crippen LogP) is 3.15. The molecule has 0 aliphatic heterocycles. The molecule has 0 spiro atoms. The lowest BCUT2D eigenvalue weighted by atomic mass is 9.85. The summed E-state index contributed by atoms with van der Waals surface area (Å²) in [5, 5.41) is 0. The molecule has 0 aliphatic carbocycles. The Balaban J connectivity index is 4.02. The van der Waals surface area contributed by atoms with E-state index in [0.29, 0.717) is 0 Å². The summed E-state index contributed by atoms with van der Waals surface area (Å²) < 4.78 is 9.81. The van der Waals surface area contributed by atoms with Crippen LogP contribution in [-0.4, -0.2) is 18.7 Å². The number of hydrogen-bond acceptors (Lipinski definition) is 4. The Morgan fingerprint density at radius 3 is 1.89 bits per heavy atom. The van der Waals surface area contributed by atoms with Gasteiger partial charge in [0.05, 0.1) is 11.3 Å². The molecule has 0 amide bonds. The molecule has 0 aromatic carbocycles. The average Bonchev–Trinajstić information content (AvgIpc) is 2.12. The minimum atomic E-state index is -0.580. The second-order valence-electron chi connectivity index (χ2n) is 6.93. The maximum Gasteiger partial charge on any atom is 0.314 e. The molecule has 106 valence electrons. The van der Waals surface area contributed by atoms with E-state index in [0.717, 1.165) is 6.42 Å². The van der Waals surface area contributed by atoms with Crippen molar-refractivity contribution in [2.24, 2.45) is 16.7 Å². The summed E-state index contributed by atoms with van der Waals surface area (Å²) in [5.41, 5.74) is -0.510. The van der Waals surface area contributed by atoms with E-state index < -0.39 is 5.41 Å².